The molecule has 3 atom stereocenters. The Morgan fingerprint density at radius 2 is 2.13 bits per heavy atom. The van der Waals surface area contributed by atoms with E-state index in [4.69, 9.17) is 4.74 Å². The minimum Gasteiger partial charge on any atom is -0.488 e. The second kappa shape index (κ2) is 7.57. The maximum absolute atomic E-state index is 10.6. The Kier molecular flexibility index (Phi) is 5.26. The topological polar surface area (TPSA) is 54.4 Å². The van der Waals surface area contributed by atoms with E-state index in [2.05, 4.69) is 10.3 Å². The second-order valence-electron chi connectivity index (χ2n) is 6.20. The molecule has 2 N–H and O–H groups in total. The summed E-state index contributed by atoms with van der Waals surface area (Å²) in [6.07, 6.45) is 4.02. The minimum atomic E-state index is -0.507. The van der Waals surface area contributed by atoms with Gasteiger partial charge in [0, 0.05) is 18.8 Å². The van der Waals surface area contributed by atoms with E-state index in [9.17, 15) is 5.11 Å². The third-order valence-electron chi connectivity index (χ3n) is 4.35. The molecule has 1 heterocycles. The zero-order chi connectivity index (χ0) is 16.1. The molecule has 23 heavy (non-hydrogen) atoms. The van der Waals surface area contributed by atoms with Gasteiger partial charge in [0.25, 0.3) is 0 Å². The highest BCUT2D eigenvalue weighted by molar-refractivity contribution is 5.27. The standard InChI is InChI=1S/C19H24N2O2/c1-14-6-4-8-16(12-14)23-18-10-5-9-17(19(18)22)21-13-15-7-2-3-11-20-15/h2-4,6-8,11-12,17-19,21-22H,5,9-10,13H2,1H3/t17-,18+,19+/m0/s1. The van der Waals surface area contributed by atoms with Crippen LogP contribution in [0.3, 0.4) is 0 Å². The molecule has 0 aliphatic heterocycles. The molecule has 0 bridgehead atoms. The SMILES string of the molecule is Cc1cccc(O[C@@H]2CCC[C@H](NCc3ccccn3)[C@H]2O)c1. The van der Waals surface area contributed by atoms with Crippen LogP contribution < -0.4 is 10.1 Å². The van der Waals surface area contributed by atoms with Gasteiger partial charge in [-0.3, -0.25) is 4.98 Å². The molecule has 1 aromatic carbocycles. The van der Waals surface area contributed by atoms with Gasteiger partial charge in [0.15, 0.2) is 0 Å². The van der Waals surface area contributed by atoms with Gasteiger partial charge >= 0.3 is 0 Å². The van der Waals surface area contributed by atoms with E-state index in [1.807, 2.05) is 49.4 Å². The predicted octanol–water partition coefficient (Wildman–Crippen LogP) is 2.84. The van der Waals surface area contributed by atoms with Crippen molar-refractivity contribution in [3.8, 4) is 5.75 Å². The lowest BCUT2D eigenvalue weighted by molar-refractivity contribution is -0.0158. The van der Waals surface area contributed by atoms with Crippen LogP contribution in [0.4, 0.5) is 0 Å². The number of aryl methyl sites for hydroxylation is 1. The van der Waals surface area contributed by atoms with Gasteiger partial charge in [0.1, 0.15) is 18.0 Å². The summed E-state index contributed by atoms with van der Waals surface area (Å²) < 4.78 is 6.03. The lowest BCUT2D eigenvalue weighted by Gasteiger charge is -2.35. The van der Waals surface area contributed by atoms with Crippen LogP contribution in [0.5, 0.6) is 5.75 Å². The van der Waals surface area contributed by atoms with Crippen molar-refractivity contribution >= 4 is 0 Å². The van der Waals surface area contributed by atoms with Crippen LogP contribution in [-0.2, 0) is 6.54 Å². The lowest BCUT2D eigenvalue weighted by Crippen LogP contribution is -2.51. The van der Waals surface area contributed by atoms with Crippen LogP contribution >= 0.6 is 0 Å². The third kappa shape index (κ3) is 4.30. The number of aromatic nitrogens is 1. The highest BCUT2D eigenvalue weighted by Gasteiger charge is 2.33. The fraction of sp³-hybridized carbons (Fsp3) is 0.421. The number of nitrogens with one attached hydrogen (secondary N) is 1. The Labute approximate surface area is 137 Å². The molecule has 0 saturated heterocycles. The molecular weight excluding hydrogens is 288 g/mol. The van der Waals surface area contributed by atoms with Crippen molar-refractivity contribution < 1.29 is 9.84 Å². The first-order valence-electron chi connectivity index (χ1n) is 8.27. The van der Waals surface area contributed by atoms with Crippen molar-refractivity contribution in [2.24, 2.45) is 0 Å². The molecular formula is C19H24N2O2. The molecule has 3 rings (SSSR count). The number of benzene rings is 1. The number of nitrogens with zero attached hydrogens (tertiary/aromatic N) is 1. The third-order valence-corrected chi connectivity index (χ3v) is 4.35. The van der Waals surface area contributed by atoms with Crippen molar-refractivity contribution in [3.05, 3.63) is 59.9 Å². The summed E-state index contributed by atoms with van der Waals surface area (Å²) in [6.45, 7) is 2.71. The number of hydrogen-bond acceptors (Lipinski definition) is 4. The van der Waals surface area contributed by atoms with E-state index in [-0.39, 0.29) is 12.1 Å². The molecule has 4 heteroatoms. The molecule has 1 saturated carbocycles. The Hall–Kier alpha value is -1.91. The summed E-state index contributed by atoms with van der Waals surface area (Å²) in [4.78, 5) is 4.31. The fourth-order valence-corrected chi connectivity index (χ4v) is 3.09. The highest BCUT2D eigenvalue weighted by Crippen LogP contribution is 2.25. The maximum Gasteiger partial charge on any atom is 0.126 e. The molecule has 0 spiro atoms. The molecule has 0 amide bonds. The number of ether oxygens (including phenoxy) is 1. The quantitative estimate of drug-likeness (QED) is 0.891. The van der Waals surface area contributed by atoms with Crippen molar-refractivity contribution in [2.75, 3.05) is 0 Å². The normalized spacial score (nSPS) is 24.3. The molecule has 122 valence electrons. The van der Waals surface area contributed by atoms with Gasteiger partial charge in [-0.15, -0.1) is 0 Å². The summed E-state index contributed by atoms with van der Waals surface area (Å²) in [5, 5.41) is 14.1. The molecule has 1 aliphatic carbocycles. The Balaban J connectivity index is 1.58. The summed E-state index contributed by atoms with van der Waals surface area (Å²) >= 11 is 0. The van der Waals surface area contributed by atoms with Gasteiger partial charge < -0.3 is 15.2 Å². The van der Waals surface area contributed by atoms with Crippen LogP contribution in [0.15, 0.2) is 48.7 Å². The first kappa shape index (κ1) is 16.0. The average Bonchev–Trinajstić information content (AvgIpc) is 2.57. The summed E-state index contributed by atoms with van der Waals surface area (Å²) in [7, 11) is 0. The van der Waals surface area contributed by atoms with Crippen molar-refractivity contribution in [3.63, 3.8) is 0 Å². The largest absolute Gasteiger partial charge is 0.488 e. The first-order chi connectivity index (χ1) is 11.2. The van der Waals surface area contributed by atoms with E-state index >= 15 is 0 Å². The number of aliphatic hydroxyl groups excluding tert-OH is 1. The van der Waals surface area contributed by atoms with Crippen molar-refractivity contribution in [1.29, 1.82) is 0 Å². The van der Waals surface area contributed by atoms with Gasteiger partial charge in [-0.25, -0.2) is 0 Å². The smallest absolute Gasteiger partial charge is 0.126 e. The molecule has 1 aliphatic rings. The van der Waals surface area contributed by atoms with Gasteiger partial charge in [-0.05, 0) is 56.0 Å². The van der Waals surface area contributed by atoms with Crippen LogP contribution in [0, 0.1) is 6.92 Å². The number of aliphatic hydroxyl groups is 1. The van der Waals surface area contributed by atoms with Crippen LogP contribution in [0.25, 0.3) is 0 Å². The average molecular weight is 312 g/mol. The van der Waals surface area contributed by atoms with Crippen LogP contribution in [0.2, 0.25) is 0 Å². The highest BCUT2D eigenvalue weighted by atomic mass is 16.5. The molecule has 0 radical (unpaired) electrons. The van der Waals surface area contributed by atoms with Crippen LogP contribution in [0.1, 0.15) is 30.5 Å². The van der Waals surface area contributed by atoms with E-state index in [0.717, 1.165) is 36.3 Å². The maximum atomic E-state index is 10.6. The second-order valence-corrected chi connectivity index (χ2v) is 6.20. The monoisotopic (exact) mass is 312 g/mol. The number of pyridine rings is 1. The Morgan fingerprint density at radius 3 is 2.91 bits per heavy atom. The molecule has 0 unspecified atom stereocenters. The van der Waals surface area contributed by atoms with Gasteiger partial charge in [-0.2, -0.15) is 0 Å². The summed E-state index contributed by atoms with van der Waals surface area (Å²) in [6, 6.07) is 13.9. The van der Waals surface area contributed by atoms with Crippen molar-refractivity contribution in [1.82, 2.24) is 10.3 Å². The van der Waals surface area contributed by atoms with E-state index in [1.54, 1.807) is 6.20 Å². The number of rotatable bonds is 5. The minimum absolute atomic E-state index is 0.0422. The van der Waals surface area contributed by atoms with Crippen LogP contribution in [-0.4, -0.2) is 28.3 Å². The molecule has 1 aromatic heterocycles. The lowest BCUT2D eigenvalue weighted by atomic mass is 9.89. The summed E-state index contributed by atoms with van der Waals surface area (Å²) in [5.41, 5.74) is 2.15. The Bertz CT molecular complexity index is 618. The Morgan fingerprint density at radius 1 is 1.22 bits per heavy atom. The summed E-state index contributed by atoms with van der Waals surface area (Å²) in [5.74, 6) is 0.833. The zero-order valence-corrected chi connectivity index (χ0v) is 13.5. The molecule has 2 aromatic rings. The van der Waals surface area contributed by atoms with E-state index in [0.29, 0.717) is 6.54 Å². The molecule has 4 nitrogen and oxygen atoms in total. The van der Waals surface area contributed by atoms with Gasteiger partial charge in [-0.1, -0.05) is 18.2 Å². The van der Waals surface area contributed by atoms with Gasteiger partial charge in [0.2, 0.25) is 0 Å². The van der Waals surface area contributed by atoms with E-state index in [1.165, 1.54) is 0 Å². The first-order valence-corrected chi connectivity index (χ1v) is 8.27. The predicted molar refractivity (Wildman–Crippen MR) is 90.3 cm³/mol. The number of hydrogen-bond donors (Lipinski definition) is 2. The van der Waals surface area contributed by atoms with E-state index < -0.39 is 6.10 Å². The molecule has 1 fully saturated rings. The van der Waals surface area contributed by atoms with Gasteiger partial charge in [0.05, 0.1) is 5.69 Å². The van der Waals surface area contributed by atoms with Crippen molar-refractivity contribution in [2.45, 2.75) is 51.0 Å². The zero-order valence-electron chi connectivity index (χ0n) is 13.5. The fourth-order valence-electron chi connectivity index (χ4n) is 3.09.